The maximum Gasteiger partial charge on any atom is 0.242 e. The molecule has 2 N–H and O–H groups in total. The average Bonchev–Trinajstić information content (AvgIpc) is 3.41. The van der Waals surface area contributed by atoms with Crippen molar-refractivity contribution >= 4 is 38.8 Å². The predicted molar refractivity (Wildman–Crippen MR) is 157 cm³/mol. The van der Waals surface area contributed by atoms with Crippen molar-refractivity contribution < 1.29 is 13.2 Å². The van der Waals surface area contributed by atoms with Gasteiger partial charge in [-0.3, -0.25) is 0 Å². The number of halogens is 1. The van der Waals surface area contributed by atoms with Crippen LogP contribution in [0, 0.1) is 5.92 Å². The van der Waals surface area contributed by atoms with E-state index in [1.54, 1.807) is 18.2 Å². The van der Waals surface area contributed by atoms with Gasteiger partial charge in [0.05, 0.1) is 18.5 Å². The minimum atomic E-state index is -3.68. The van der Waals surface area contributed by atoms with Gasteiger partial charge in [-0.05, 0) is 51.7 Å². The van der Waals surface area contributed by atoms with E-state index < -0.39 is 10.0 Å². The lowest BCUT2D eigenvalue weighted by Crippen LogP contribution is -2.31. The summed E-state index contributed by atoms with van der Waals surface area (Å²) in [5.74, 6) is 2.05. The smallest absolute Gasteiger partial charge is 0.242 e. The molecule has 2 aromatic carbocycles. The second-order valence-corrected chi connectivity index (χ2v) is 12.6. The van der Waals surface area contributed by atoms with Crippen molar-refractivity contribution in [3.05, 3.63) is 65.1 Å². The van der Waals surface area contributed by atoms with Gasteiger partial charge in [-0.25, -0.2) is 23.1 Å². The van der Waals surface area contributed by atoms with Crippen molar-refractivity contribution in [1.82, 2.24) is 19.6 Å². The van der Waals surface area contributed by atoms with Crippen LogP contribution in [-0.4, -0.2) is 70.2 Å². The van der Waals surface area contributed by atoms with Crippen LogP contribution in [0.5, 0.6) is 5.75 Å². The van der Waals surface area contributed by atoms with Gasteiger partial charge in [0.15, 0.2) is 5.82 Å². The highest BCUT2D eigenvalue weighted by Crippen LogP contribution is 2.32. The summed E-state index contributed by atoms with van der Waals surface area (Å²) in [5.41, 5.74) is 2.48. The Hall–Kier alpha value is -2.92. The fourth-order valence-corrected chi connectivity index (χ4v) is 5.49. The number of benzene rings is 2. The van der Waals surface area contributed by atoms with Crippen LogP contribution >= 0.6 is 11.6 Å². The van der Waals surface area contributed by atoms with Gasteiger partial charge in [0.2, 0.25) is 10.0 Å². The monoisotopic (exact) mass is 572 g/mol. The van der Waals surface area contributed by atoms with Crippen molar-refractivity contribution in [2.75, 3.05) is 51.1 Å². The first-order valence-corrected chi connectivity index (χ1v) is 14.9. The second kappa shape index (κ2) is 12.5. The summed E-state index contributed by atoms with van der Waals surface area (Å²) in [5, 5.41) is 3.36. The molecule has 0 radical (unpaired) electrons. The molecule has 39 heavy (non-hydrogen) atoms. The van der Waals surface area contributed by atoms with Crippen LogP contribution in [0.1, 0.15) is 31.7 Å². The molecule has 2 heterocycles. The lowest BCUT2D eigenvalue weighted by molar-refractivity contribution is 0.269. The van der Waals surface area contributed by atoms with Gasteiger partial charge in [-0.1, -0.05) is 43.6 Å². The van der Waals surface area contributed by atoms with Crippen molar-refractivity contribution in [3.8, 4) is 5.75 Å². The largest absolute Gasteiger partial charge is 0.493 e. The maximum absolute atomic E-state index is 12.5. The van der Waals surface area contributed by atoms with Crippen LogP contribution in [-0.2, 0) is 16.4 Å². The summed E-state index contributed by atoms with van der Waals surface area (Å²) >= 11 is 6.41. The Balaban J connectivity index is 1.60. The first-order chi connectivity index (χ1) is 18.6. The van der Waals surface area contributed by atoms with Gasteiger partial charge in [0.25, 0.3) is 0 Å². The van der Waals surface area contributed by atoms with Gasteiger partial charge in [-0.15, -0.1) is 0 Å². The average molecular weight is 573 g/mol. The molecule has 1 atom stereocenters. The van der Waals surface area contributed by atoms with Crippen molar-refractivity contribution in [1.29, 1.82) is 0 Å². The van der Waals surface area contributed by atoms with Gasteiger partial charge in [-0.2, -0.15) is 0 Å². The third-order valence-electron chi connectivity index (χ3n) is 6.72. The van der Waals surface area contributed by atoms with Crippen LogP contribution in [0.2, 0.25) is 5.02 Å². The molecule has 9 nitrogen and oxygen atoms in total. The normalized spacial score (nSPS) is 15.8. The first kappa shape index (κ1) is 29.1. The fraction of sp³-hybridized carbons (Fsp3) is 0.429. The molecule has 0 unspecified atom stereocenters. The molecule has 0 aliphatic carbocycles. The molecular weight excluding hydrogens is 536 g/mol. The zero-order valence-corrected chi connectivity index (χ0v) is 24.7. The predicted octanol–water partition coefficient (Wildman–Crippen LogP) is 4.55. The van der Waals surface area contributed by atoms with Crippen LogP contribution in [0.15, 0.2) is 53.6 Å². The van der Waals surface area contributed by atoms with E-state index in [1.807, 2.05) is 0 Å². The third-order valence-corrected chi connectivity index (χ3v) is 8.47. The number of aromatic nitrogens is 2. The summed E-state index contributed by atoms with van der Waals surface area (Å²) in [6.45, 7) is 6.83. The number of ether oxygens (including phenoxy) is 1. The van der Waals surface area contributed by atoms with E-state index in [2.05, 4.69) is 75.9 Å². The highest BCUT2D eigenvalue weighted by molar-refractivity contribution is 7.89. The number of rotatable bonds is 11. The third kappa shape index (κ3) is 7.19. The number of hydrogen-bond donors (Lipinski definition) is 2. The molecule has 1 saturated heterocycles. The number of nitrogens with one attached hydrogen (secondary N) is 2. The maximum atomic E-state index is 12.5. The molecule has 0 spiro atoms. The van der Waals surface area contributed by atoms with E-state index in [1.165, 1.54) is 19.3 Å². The number of para-hydroxylation sites is 1. The van der Waals surface area contributed by atoms with E-state index in [0.29, 0.717) is 42.3 Å². The summed E-state index contributed by atoms with van der Waals surface area (Å²) in [6, 6.07) is 13.4. The summed E-state index contributed by atoms with van der Waals surface area (Å²) < 4.78 is 33.6. The molecule has 1 aliphatic heterocycles. The van der Waals surface area contributed by atoms with Crippen LogP contribution in [0.4, 0.5) is 17.2 Å². The Morgan fingerprint density at radius 3 is 2.67 bits per heavy atom. The highest BCUT2D eigenvalue weighted by Gasteiger charge is 2.25. The number of likely N-dealkylation sites (N-methyl/N-ethyl adjacent to an activating group) is 1. The van der Waals surface area contributed by atoms with E-state index in [0.717, 1.165) is 36.5 Å². The Labute approximate surface area is 236 Å². The lowest BCUT2D eigenvalue weighted by atomic mass is 10.1. The Bertz CT molecular complexity index is 1400. The first-order valence-electron chi connectivity index (χ1n) is 13.1. The molecule has 1 fully saturated rings. The molecule has 11 heteroatoms. The van der Waals surface area contributed by atoms with Crippen molar-refractivity contribution in [2.24, 2.45) is 5.92 Å². The molecule has 0 saturated carbocycles. The summed E-state index contributed by atoms with van der Waals surface area (Å²) in [4.78, 5) is 13.9. The van der Waals surface area contributed by atoms with Crippen molar-refractivity contribution in [2.45, 2.75) is 37.6 Å². The van der Waals surface area contributed by atoms with Gasteiger partial charge in [0, 0.05) is 42.9 Å². The Morgan fingerprint density at radius 1 is 1.21 bits per heavy atom. The summed E-state index contributed by atoms with van der Waals surface area (Å²) in [6.07, 6.45) is 3.08. The number of hydrogen-bond acceptors (Lipinski definition) is 8. The molecule has 3 aromatic rings. The van der Waals surface area contributed by atoms with Crippen LogP contribution < -0.4 is 19.7 Å². The molecular formula is C28H37ClN6O3S. The quantitative estimate of drug-likeness (QED) is 0.345. The number of sulfonamides is 1. The standard InChI is InChI=1S/C28H37ClN6O3S/c1-19(2)18-38-25-15-21(35-13-12-22(17-35)34(4)5)11-10-20(25)14-27-31-16-23(29)28(33-27)32-24-8-6-7-9-26(24)39(36,37)30-3/h6-11,15-16,19,22,30H,12-14,17-18H2,1-5H3,(H,31,32,33)/t22-/m0/s1. The fourth-order valence-electron chi connectivity index (χ4n) is 4.46. The molecule has 4 rings (SSSR count). The van der Waals surface area contributed by atoms with Crippen LogP contribution in [0.3, 0.4) is 0 Å². The molecule has 0 amide bonds. The van der Waals surface area contributed by atoms with Gasteiger partial charge in [0.1, 0.15) is 21.5 Å². The molecule has 1 aromatic heterocycles. The van der Waals surface area contributed by atoms with Gasteiger partial charge < -0.3 is 19.9 Å². The minimum absolute atomic E-state index is 0.0992. The molecule has 210 valence electrons. The SMILES string of the molecule is CNS(=O)(=O)c1ccccc1Nc1nc(Cc2ccc(N3CC[C@H](N(C)C)C3)cc2OCC(C)C)ncc1Cl. The number of nitrogens with zero attached hydrogens (tertiary/aromatic N) is 4. The Kier molecular flexibility index (Phi) is 9.32. The number of anilines is 3. The zero-order valence-electron chi connectivity index (χ0n) is 23.1. The van der Waals surface area contributed by atoms with Crippen LogP contribution in [0.25, 0.3) is 0 Å². The zero-order chi connectivity index (χ0) is 28.2. The van der Waals surface area contributed by atoms with E-state index in [-0.39, 0.29) is 9.92 Å². The highest BCUT2D eigenvalue weighted by atomic mass is 35.5. The topological polar surface area (TPSA) is 99.7 Å². The van der Waals surface area contributed by atoms with E-state index >= 15 is 0 Å². The lowest BCUT2D eigenvalue weighted by Gasteiger charge is -2.23. The Morgan fingerprint density at radius 2 is 1.97 bits per heavy atom. The second-order valence-electron chi connectivity index (χ2n) is 10.3. The van der Waals surface area contributed by atoms with Crippen molar-refractivity contribution in [3.63, 3.8) is 0 Å². The molecule has 1 aliphatic rings. The van der Waals surface area contributed by atoms with Gasteiger partial charge >= 0.3 is 0 Å². The van der Waals surface area contributed by atoms with E-state index in [4.69, 9.17) is 16.3 Å². The minimum Gasteiger partial charge on any atom is -0.493 e. The van der Waals surface area contributed by atoms with E-state index in [9.17, 15) is 8.42 Å². The molecule has 0 bridgehead atoms. The summed E-state index contributed by atoms with van der Waals surface area (Å²) in [7, 11) is 1.94.